The maximum Gasteiger partial charge on any atom is 0.253 e. The Bertz CT molecular complexity index is 943. The molecule has 1 N–H and O–H groups in total. The smallest absolute Gasteiger partial charge is 0.253 e. The first-order valence-electron chi connectivity index (χ1n) is 9.54. The molecule has 1 unspecified atom stereocenters. The number of likely N-dealkylation sites (tertiary alicyclic amines) is 1. The molecule has 0 aliphatic carbocycles. The molecule has 6 heteroatoms. The van der Waals surface area contributed by atoms with Crippen molar-refractivity contribution in [3.05, 3.63) is 53.7 Å². The molecule has 27 heavy (non-hydrogen) atoms. The van der Waals surface area contributed by atoms with Gasteiger partial charge in [-0.2, -0.15) is 0 Å². The Hall–Kier alpha value is -2.60. The van der Waals surface area contributed by atoms with E-state index < -0.39 is 0 Å². The summed E-state index contributed by atoms with van der Waals surface area (Å²) >= 11 is 0. The minimum absolute atomic E-state index is 0.106. The van der Waals surface area contributed by atoms with Gasteiger partial charge >= 0.3 is 0 Å². The zero-order valence-corrected chi connectivity index (χ0v) is 15.9. The third-order valence-electron chi connectivity index (χ3n) is 5.46. The quantitative estimate of drug-likeness (QED) is 0.681. The number of fused-ring (bicyclic) bond motifs is 1. The number of hydrogen-bond acceptors (Lipinski definition) is 3. The van der Waals surface area contributed by atoms with Crippen LogP contribution in [0.5, 0.6) is 0 Å². The van der Waals surface area contributed by atoms with Crippen LogP contribution in [-0.4, -0.2) is 52.1 Å². The van der Waals surface area contributed by atoms with Crippen molar-refractivity contribution in [1.82, 2.24) is 19.4 Å². The number of methoxy groups -OCH3 is 1. The average Bonchev–Trinajstić information content (AvgIpc) is 3.40. The first-order valence-corrected chi connectivity index (χ1v) is 9.54. The van der Waals surface area contributed by atoms with E-state index in [1.54, 1.807) is 7.11 Å². The molecule has 0 saturated carbocycles. The number of aromatic nitrogens is 3. The molecule has 0 bridgehead atoms. The van der Waals surface area contributed by atoms with Gasteiger partial charge in [-0.15, -0.1) is 0 Å². The van der Waals surface area contributed by atoms with E-state index in [0.29, 0.717) is 5.92 Å². The number of H-pyrrole nitrogens is 1. The predicted octanol–water partition coefficient (Wildman–Crippen LogP) is 3.34. The van der Waals surface area contributed by atoms with E-state index in [2.05, 4.69) is 21.5 Å². The highest BCUT2D eigenvalue weighted by molar-refractivity contribution is 5.98. The van der Waals surface area contributed by atoms with Gasteiger partial charge in [0.1, 0.15) is 5.82 Å². The number of carbonyl (C=O) groups is 1. The molecule has 142 valence electrons. The van der Waals surface area contributed by atoms with Crippen molar-refractivity contribution in [3.8, 4) is 0 Å². The monoisotopic (exact) mass is 366 g/mol. The number of nitrogens with one attached hydrogen (secondary N) is 1. The Kier molecular flexibility index (Phi) is 4.99. The second kappa shape index (κ2) is 7.56. The summed E-state index contributed by atoms with van der Waals surface area (Å²) in [4.78, 5) is 22.7. The summed E-state index contributed by atoms with van der Waals surface area (Å²) in [6.07, 6.45) is 5.76. The number of amides is 1. The number of imidazole rings is 1. The molecule has 1 fully saturated rings. The van der Waals surface area contributed by atoms with Gasteiger partial charge < -0.3 is 19.2 Å². The van der Waals surface area contributed by atoms with Gasteiger partial charge in [-0.3, -0.25) is 4.79 Å². The Morgan fingerprint density at radius 1 is 1.37 bits per heavy atom. The average molecular weight is 366 g/mol. The zero-order valence-electron chi connectivity index (χ0n) is 15.9. The largest absolute Gasteiger partial charge is 0.385 e. The van der Waals surface area contributed by atoms with Gasteiger partial charge in [0.05, 0.1) is 0 Å². The molecule has 1 aliphatic rings. The Morgan fingerprint density at radius 3 is 3.11 bits per heavy atom. The van der Waals surface area contributed by atoms with E-state index in [1.165, 1.54) is 5.69 Å². The molecule has 0 radical (unpaired) electrons. The third kappa shape index (κ3) is 3.49. The van der Waals surface area contributed by atoms with Crippen LogP contribution in [0, 0.1) is 6.92 Å². The van der Waals surface area contributed by atoms with Crippen LogP contribution in [0.15, 0.2) is 36.7 Å². The van der Waals surface area contributed by atoms with Crippen molar-refractivity contribution in [1.29, 1.82) is 0 Å². The zero-order chi connectivity index (χ0) is 18.8. The summed E-state index contributed by atoms with van der Waals surface area (Å²) in [5, 5.41) is 1.07. The van der Waals surface area contributed by atoms with Crippen molar-refractivity contribution in [2.24, 2.45) is 0 Å². The van der Waals surface area contributed by atoms with Crippen LogP contribution in [-0.2, 0) is 11.3 Å². The first-order chi connectivity index (χ1) is 13.2. The lowest BCUT2D eigenvalue weighted by atomic mass is 10.1. The lowest BCUT2D eigenvalue weighted by Crippen LogP contribution is -2.28. The Morgan fingerprint density at radius 2 is 2.26 bits per heavy atom. The highest BCUT2D eigenvalue weighted by atomic mass is 16.5. The Labute approximate surface area is 159 Å². The minimum Gasteiger partial charge on any atom is -0.385 e. The van der Waals surface area contributed by atoms with Crippen LogP contribution < -0.4 is 0 Å². The van der Waals surface area contributed by atoms with Gasteiger partial charge in [-0.05, 0) is 44.0 Å². The van der Waals surface area contributed by atoms with Crippen LogP contribution in [0.25, 0.3) is 10.9 Å². The van der Waals surface area contributed by atoms with Crippen molar-refractivity contribution >= 4 is 16.8 Å². The van der Waals surface area contributed by atoms with Crippen LogP contribution in [0.3, 0.4) is 0 Å². The molecule has 1 aliphatic heterocycles. The standard InChI is InChI=1S/C21H26N4O2/c1-15-13-23-20(25(15)9-3-11-27-2)18-7-10-24(14-18)21(26)17-4-5-19-16(12-17)6-8-22-19/h4-6,8,12-13,18,22H,3,7,9-11,14H2,1-2H3. The number of aromatic amines is 1. The lowest BCUT2D eigenvalue weighted by molar-refractivity contribution is 0.0790. The SMILES string of the molecule is COCCCn1c(C)cnc1C1CCN(C(=O)c2ccc3[nH]ccc3c2)C1. The second-order valence-corrected chi connectivity index (χ2v) is 7.27. The van der Waals surface area contributed by atoms with E-state index in [-0.39, 0.29) is 5.91 Å². The number of ether oxygens (including phenoxy) is 1. The van der Waals surface area contributed by atoms with Crippen molar-refractivity contribution in [3.63, 3.8) is 0 Å². The molecular formula is C21H26N4O2. The number of aryl methyl sites for hydroxylation is 1. The molecular weight excluding hydrogens is 340 g/mol. The second-order valence-electron chi connectivity index (χ2n) is 7.27. The van der Waals surface area contributed by atoms with E-state index in [0.717, 1.165) is 61.4 Å². The van der Waals surface area contributed by atoms with Gasteiger partial charge in [0.2, 0.25) is 0 Å². The first kappa shape index (κ1) is 17.8. The molecule has 1 saturated heterocycles. The molecule has 3 heterocycles. The molecule has 1 amide bonds. The number of benzene rings is 1. The maximum atomic E-state index is 13.0. The predicted molar refractivity (Wildman–Crippen MR) is 105 cm³/mol. The van der Waals surface area contributed by atoms with Crippen LogP contribution in [0.4, 0.5) is 0 Å². The summed E-state index contributed by atoms with van der Waals surface area (Å²) in [6.45, 7) is 5.24. The third-order valence-corrected chi connectivity index (χ3v) is 5.46. The number of rotatable bonds is 6. The van der Waals surface area contributed by atoms with E-state index in [9.17, 15) is 4.79 Å². The Balaban J connectivity index is 1.47. The molecule has 2 aromatic heterocycles. The van der Waals surface area contributed by atoms with Crippen LogP contribution in [0.2, 0.25) is 0 Å². The van der Waals surface area contributed by atoms with Gasteiger partial charge in [0.15, 0.2) is 0 Å². The fourth-order valence-corrected chi connectivity index (χ4v) is 3.99. The topological polar surface area (TPSA) is 63.1 Å². The van der Waals surface area contributed by atoms with Crippen molar-refractivity contribution < 1.29 is 9.53 Å². The van der Waals surface area contributed by atoms with Crippen LogP contribution in [0.1, 0.15) is 40.6 Å². The number of carbonyl (C=O) groups excluding carboxylic acids is 1. The van der Waals surface area contributed by atoms with Crippen LogP contribution >= 0.6 is 0 Å². The maximum absolute atomic E-state index is 13.0. The summed E-state index contributed by atoms with van der Waals surface area (Å²) in [7, 11) is 1.73. The number of hydrogen-bond donors (Lipinski definition) is 1. The summed E-state index contributed by atoms with van der Waals surface area (Å²) in [6, 6.07) is 7.85. The van der Waals surface area contributed by atoms with Crippen molar-refractivity contribution in [2.45, 2.75) is 32.2 Å². The van der Waals surface area contributed by atoms with E-state index in [1.807, 2.05) is 41.6 Å². The van der Waals surface area contributed by atoms with E-state index in [4.69, 9.17) is 4.74 Å². The molecule has 3 aromatic rings. The molecule has 1 atom stereocenters. The molecule has 0 spiro atoms. The lowest BCUT2D eigenvalue weighted by Gasteiger charge is -2.18. The minimum atomic E-state index is 0.106. The van der Waals surface area contributed by atoms with Gasteiger partial charge in [0.25, 0.3) is 5.91 Å². The molecule has 6 nitrogen and oxygen atoms in total. The van der Waals surface area contributed by atoms with Crippen molar-refractivity contribution in [2.75, 3.05) is 26.8 Å². The van der Waals surface area contributed by atoms with Gasteiger partial charge in [-0.1, -0.05) is 0 Å². The summed E-state index contributed by atoms with van der Waals surface area (Å²) in [5.74, 6) is 1.50. The normalized spacial score (nSPS) is 17.1. The van der Waals surface area contributed by atoms with E-state index >= 15 is 0 Å². The highest BCUT2D eigenvalue weighted by Gasteiger charge is 2.31. The summed E-state index contributed by atoms with van der Waals surface area (Å²) < 4.78 is 7.46. The fourth-order valence-electron chi connectivity index (χ4n) is 3.99. The summed E-state index contributed by atoms with van der Waals surface area (Å²) in [5.41, 5.74) is 2.98. The molecule has 4 rings (SSSR count). The van der Waals surface area contributed by atoms with Gasteiger partial charge in [0, 0.05) is 73.8 Å². The number of nitrogens with zero attached hydrogens (tertiary/aromatic N) is 3. The van der Waals surface area contributed by atoms with Gasteiger partial charge in [-0.25, -0.2) is 4.98 Å². The highest BCUT2D eigenvalue weighted by Crippen LogP contribution is 2.28. The fraction of sp³-hybridized carbons (Fsp3) is 0.429. The molecule has 1 aromatic carbocycles.